The highest BCUT2D eigenvalue weighted by Gasteiger charge is 2.08. The fraction of sp³-hybridized carbons (Fsp3) is 0.714. The largest absolute Gasteiger partial charge is 0.494 e. The lowest BCUT2D eigenvalue weighted by Crippen LogP contribution is -2.21. The minimum Gasteiger partial charge on any atom is -0.494 e. The van der Waals surface area contributed by atoms with Crippen LogP contribution < -0.4 is 10.1 Å². The van der Waals surface area contributed by atoms with Gasteiger partial charge in [-0.1, -0.05) is 71.4 Å². The van der Waals surface area contributed by atoms with E-state index in [0.29, 0.717) is 6.04 Å². The first kappa shape index (κ1) is 20.0. The van der Waals surface area contributed by atoms with Gasteiger partial charge in [-0.2, -0.15) is 0 Å². The second kappa shape index (κ2) is 13.4. The quantitative estimate of drug-likeness (QED) is 0.408. The minimum atomic E-state index is 0.468. The first-order valence-electron chi connectivity index (χ1n) is 9.77. The van der Waals surface area contributed by atoms with Gasteiger partial charge < -0.3 is 10.1 Å². The number of rotatable bonds is 14. The maximum Gasteiger partial charge on any atom is 0.119 e. The lowest BCUT2D eigenvalue weighted by Gasteiger charge is -2.18. The van der Waals surface area contributed by atoms with E-state index in [-0.39, 0.29) is 0 Å². The minimum absolute atomic E-state index is 0.468. The molecule has 2 heteroatoms. The van der Waals surface area contributed by atoms with E-state index in [4.69, 9.17) is 4.74 Å². The maximum atomic E-state index is 5.74. The molecule has 0 aliphatic rings. The summed E-state index contributed by atoms with van der Waals surface area (Å²) >= 11 is 0. The van der Waals surface area contributed by atoms with Crippen molar-refractivity contribution in [3.8, 4) is 5.75 Å². The summed E-state index contributed by atoms with van der Waals surface area (Å²) in [7, 11) is 0. The van der Waals surface area contributed by atoms with Crippen LogP contribution in [0.1, 0.15) is 90.2 Å². The molecule has 0 heterocycles. The Bertz CT molecular complexity index is 374. The lowest BCUT2D eigenvalue weighted by atomic mass is 10.0. The van der Waals surface area contributed by atoms with Crippen molar-refractivity contribution >= 4 is 0 Å². The van der Waals surface area contributed by atoms with Crippen molar-refractivity contribution in [3.05, 3.63) is 29.8 Å². The van der Waals surface area contributed by atoms with Gasteiger partial charge >= 0.3 is 0 Å². The molecule has 1 atom stereocenters. The summed E-state index contributed by atoms with van der Waals surface area (Å²) in [6.45, 7) is 8.66. The van der Waals surface area contributed by atoms with Crippen LogP contribution in [0.4, 0.5) is 0 Å². The summed E-state index contributed by atoms with van der Waals surface area (Å²) in [5, 5.41) is 3.71. The Morgan fingerprint density at radius 2 is 1.48 bits per heavy atom. The van der Waals surface area contributed by atoms with E-state index in [1.165, 1.54) is 50.5 Å². The van der Waals surface area contributed by atoms with Gasteiger partial charge in [0.15, 0.2) is 0 Å². The Morgan fingerprint density at radius 1 is 0.826 bits per heavy atom. The molecule has 0 radical (unpaired) electrons. The zero-order valence-electron chi connectivity index (χ0n) is 15.6. The number of benzene rings is 1. The molecule has 132 valence electrons. The number of hydrogen-bond donors (Lipinski definition) is 1. The molecule has 1 N–H and O–H groups in total. The molecule has 0 amide bonds. The molecule has 0 saturated heterocycles. The van der Waals surface area contributed by atoms with Gasteiger partial charge in [0, 0.05) is 6.04 Å². The molecule has 0 bridgehead atoms. The number of ether oxygens (including phenoxy) is 1. The van der Waals surface area contributed by atoms with E-state index in [9.17, 15) is 0 Å². The lowest BCUT2D eigenvalue weighted by molar-refractivity contribution is 0.309. The third-order valence-electron chi connectivity index (χ3n) is 4.38. The van der Waals surface area contributed by atoms with Crippen LogP contribution in [-0.2, 0) is 0 Å². The summed E-state index contributed by atoms with van der Waals surface area (Å²) in [4.78, 5) is 0. The van der Waals surface area contributed by atoms with E-state index in [1.807, 2.05) is 0 Å². The van der Waals surface area contributed by atoms with Gasteiger partial charge in [-0.05, 0) is 43.5 Å². The summed E-state index contributed by atoms with van der Waals surface area (Å²) in [6, 6.07) is 9.11. The molecule has 0 aliphatic heterocycles. The molecule has 2 nitrogen and oxygen atoms in total. The van der Waals surface area contributed by atoms with Crippen molar-refractivity contribution in [3.63, 3.8) is 0 Å². The van der Waals surface area contributed by atoms with Gasteiger partial charge in [-0.3, -0.25) is 0 Å². The molecule has 1 aromatic rings. The highest BCUT2D eigenvalue weighted by molar-refractivity contribution is 5.29. The predicted molar refractivity (Wildman–Crippen MR) is 101 cm³/mol. The standard InChI is InChI=1S/C21H37NO/c1-4-7-9-10-11-12-17-22-21(6-3)19-13-15-20(16-14-19)23-18-8-5-2/h13-16,21-22H,4-12,17-18H2,1-3H3. The van der Waals surface area contributed by atoms with Gasteiger partial charge in [-0.15, -0.1) is 0 Å². The number of unbranched alkanes of at least 4 members (excludes halogenated alkanes) is 6. The van der Waals surface area contributed by atoms with Crippen molar-refractivity contribution in [2.45, 2.75) is 84.6 Å². The highest BCUT2D eigenvalue weighted by Crippen LogP contribution is 2.20. The SMILES string of the molecule is CCCCCCCCNC(CC)c1ccc(OCCCC)cc1. The summed E-state index contributed by atoms with van der Waals surface area (Å²) < 4.78 is 5.74. The van der Waals surface area contributed by atoms with Crippen LogP contribution >= 0.6 is 0 Å². The Labute approximate surface area is 144 Å². The third-order valence-corrected chi connectivity index (χ3v) is 4.38. The molecule has 1 unspecified atom stereocenters. The summed E-state index contributed by atoms with van der Waals surface area (Å²) in [5.74, 6) is 0.993. The summed E-state index contributed by atoms with van der Waals surface area (Å²) in [5.41, 5.74) is 1.38. The van der Waals surface area contributed by atoms with Crippen LogP contribution in [0, 0.1) is 0 Å². The van der Waals surface area contributed by atoms with Crippen LogP contribution in [0.15, 0.2) is 24.3 Å². The fourth-order valence-electron chi connectivity index (χ4n) is 2.81. The smallest absolute Gasteiger partial charge is 0.119 e. The number of nitrogens with one attached hydrogen (secondary N) is 1. The van der Waals surface area contributed by atoms with Gasteiger partial charge in [-0.25, -0.2) is 0 Å². The molecule has 0 fully saturated rings. The zero-order chi connectivity index (χ0) is 16.8. The van der Waals surface area contributed by atoms with E-state index in [0.717, 1.165) is 31.7 Å². The monoisotopic (exact) mass is 319 g/mol. The van der Waals surface area contributed by atoms with Crippen LogP contribution in [0.25, 0.3) is 0 Å². The van der Waals surface area contributed by atoms with Gasteiger partial charge in [0.2, 0.25) is 0 Å². The Balaban J connectivity index is 2.27. The van der Waals surface area contributed by atoms with Crippen molar-refractivity contribution < 1.29 is 4.74 Å². The van der Waals surface area contributed by atoms with Gasteiger partial charge in [0.1, 0.15) is 5.75 Å². The van der Waals surface area contributed by atoms with E-state index < -0.39 is 0 Å². The number of hydrogen-bond acceptors (Lipinski definition) is 2. The molecule has 0 aromatic heterocycles. The molecular weight excluding hydrogens is 282 g/mol. The van der Waals surface area contributed by atoms with Crippen LogP contribution in [-0.4, -0.2) is 13.2 Å². The van der Waals surface area contributed by atoms with Crippen molar-refractivity contribution in [2.75, 3.05) is 13.2 Å². The third kappa shape index (κ3) is 9.00. The normalized spacial score (nSPS) is 12.3. The summed E-state index contributed by atoms with van der Waals surface area (Å²) in [6.07, 6.45) is 11.6. The molecule has 0 spiro atoms. The second-order valence-electron chi connectivity index (χ2n) is 6.45. The van der Waals surface area contributed by atoms with E-state index in [1.54, 1.807) is 0 Å². The molecule has 0 aliphatic carbocycles. The van der Waals surface area contributed by atoms with Crippen LogP contribution in [0.5, 0.6) is 5.75 Å². The van der Waals surface area contributed by atoms with E-state index in [2.05, 4.69) is 50.4 Å². The predicted octanol–water partition coefficient (Wildman–Crippen LogP) is 6.27. The van der Waals surface area contributed by atoms with Gasteiger partial charge in [0.05, 0.1) is 6.61 Å². The van der Waals surface area contributed by atoms with Crippen LogP contribution in [0.2, 0.25) is 0 Å². The second-order valence-corrected chi connectivity index (χ2v) is 6.45. The van der Waals surface area contributed by atoms with Crippen molar-refractivity contribution in [2.24, 2.45) is 0 Å². The first-order valence-corrected chi connectivity index (χ1v) is 9.77. The molecule has 1 aromatic carbocycles. The van der Waals surface area contributed by atoms with E-state index >= 15 is 0 Å². The Kier molecular flexibility index (Phi) is 11.7. The first-order chi connectivity index (χ1) is 11.3. The fourth-order valence-corrected chi connectivity index (χ4v) is 2.81. The topological polar surface area (TPSA) is 21.3 Å². The zero-order valence-corrected chi connectivity index (χ0v) is 15.6. The Morgan fingerprint density at radius 3 is 2.13 bits per heavy atom. The molecule has 0 saturated carbocycles. The maximum absolute atomic E-state index is 5.74. The van der Waals surface area contributed by atoms with Gasteiger partial charge in [0.25, 0.3) is 0 Å². The molecule has 1 rings (SSSR count). The Hall–Kier alpha value is -1.02. The molecular formula is C21H37NO. The van der Waals surface area contributed by atoms with Crippen LogP contribution in [0.3, 0.4) is 0 Å². The van der Waals surface area contributed by atoms with Crippen molar-refractivity contribution in [1.82, 2.24) is 5.32 Å². The highest BCUT2D eigenvalue weighted by atomic mass is 16.5. The molecule has 23 heavy (non-hydrogen) atoms. The average Bonchev–Trinajstić information content (AvgIpc) is 2.59. The van der Waals surface area contributed by atoms with Crippen molar-refractivity contribution in [1.29, 1.82) is 0 Å². The average molecular weight is 320 g/mol.